The van der Waals surface area contributed by atoms with Crippen LogP contribution in [0.15, 0.2) is 22.5 Å². The van der Waals surface area contributed by atoms with E-state index in [9.17, 15) is 0 Å². The maximum absolute atomic E-state index is 5.84. The molecule has 2 fully saturated rings. The van der Waals surface area contributed by atoms with Gasteiger partial charge in [0.05, 0.1) is 0 Å². The second-order valence-corrected chi connectivity index (χ2v) is 9.22. The van der Waals surface area contributed by atoms with Gasteiger partial charge in [-0.15, -0.1) is 11.3 Å². The molecule has 0 spiro atoms. The van der Waals surface area contributed by atoms with Crippen LogP contribution >= 0.6 is 11.3 Å². The van der Waals surface area contributed by atoms with Gasteiger partial charge in [-0.2, -0.15) is 0 Å². The number of ether oxygens (including phenoxy) is 2. The van der Waals surface area contributed by atoms with Gasteiger partial charge in [-0.3, -0.25) is 9.89 Å². The first-order valence-corrected chi connectivity index (χ1v) is 12.1. The van der Waals surface area contributed by atoms with Crippen LogP contribution in [0.25, 0.3) is 0 Å². The average molecular weight is 423 g/mol. The molecule has 1 atom stereocenters. The van der Waals surface area contributed by atoms with Gasteiger partial charge >= 0.3 is 0 Å². The second kappa shape index (κ2) is 13.2. The lowest BCUT2D eigenvalue weighted by atomic mass is 9.98. The summed E-state index contributed by atoms with van der Waals surface area (Å²) in [5.74, 6) is 2.27. The molecule has 164 valence electrons. The lowest BCUT2D eigenvalue weighted by Gasteiger charge is -2.32. The molecule has 2 N–H and O–H groups in total. The molecule has 1 aromatic rings. The number of nitrogens with one attached hydrogen (secondary N) is 2. The van der Waals surface area contributed by atoms with Crippen molar-refractivity contribution in [3.63, 3.8) is 0 Å². The van der Waals surface area contributed by atoms with Gasteiger partial charge in [0.15, 0.2) is 5.96 Å². The molecule has 0 amide bonds. The van der Waals surface area contributed by atoms with E-state index in [2.05, 4.69) is 38.0 Å². The van der Waals surface area contributed by atoms with Crippen LogP contribution in [0.4, 0.5) is 0 Å². The molecular weight excluding hydrogens is 384 g/mol. The van der Waals surface area contributed by atoms with Crippen LogP contribution in [0, 0.1) is 11.8 Å². The first-order valence-electron chi connectivity index (χ1n) is 11.2. The molecule has 0 aromatic carbocycles. The smallest absolute Gasteiger partial charge is 0.190 e. The number of hydrogen-bond acceptors (Lipinski definition) is 5. The minimum Gasteiger partial charge on any atom is -0.381 e. The first kappa shape index (κ1) is 22.5. The third-order valence-corrected chi connectivity index (χ3v) is 6.66. The zero-order valence-corrected chi connectivity index (χ0v) is 18.7. The molecule has 0 saturated carbocycles. The summed E-state index contributed by atoms with van der Waals surface area (Å²) in [6.07, 6.45) is 5.86. The summed E-state index contributed by atoms with van der Waals surface area (Å²) in [5.41, 5.74) is 0. The van der Waals surface area contributed by atoms with E-state index in [4.69, 9.17) is 9.47 Å². The van der Waals surface area contributed by atoms with E-state index in [0.29, 0.717) is 11.8 Å². The fourth-order valence-electron chi connectivity index (χ4n) is 4.09. The van der Waals surface area contributed by atoms with Crippen LogP contribution in [0.2, 0.25) is 0 Å². The molecule has 0 aliphatic carbocycles. The maximum Gasteiger partial charge on any atom is 0.190 e. The van der Waals surface area contributed by atoms with Crippen LogP contribution in [0.5, 0.6) is 0 Å². The monoisotopic (exact) mass is 422 g/mol. The van der Waals surface area contributed by atoms with Crippen molar-refractivity contribution < 1.29 is 9.47 Å². The highest BCUT2D eigenvalue weighted by Gasteiger charge is 2.20. The molecule has 6 nitrogen and oxygen atoms in total. The molecule has 2 aliphatic rings. The number of guanidine groups is 1. The number of hydrogen-bond donors (Lipinski definition) is 2. The number of thiophene rings is 1. The van der Waals surface area contributed by atoms with E-state index in [1.54, 1.807) is 0 Å². The van der Waals surface area contributed by atoms with Gasteiger partial charge in [-0.25, -0.2) is 0 Å². The Kier molecular flexibility index (Phi) is 10.3. The Balaban J connectivity index is 1.24. The van der Waals surface area contributed by atoms with Crippen molar-refractivity contribution in [1.29, 1.82) is 0 Å². The van der Waals surface area contributed by atoms with Crippen molar-refractivity contribution in [3.8, 4) is 0 Å². The topological polar surface area (TPSA) is 58.1 Å². The summed E-state index contributed by atoms with van der Waals surface area (Å²) in [6.45, 7) is 8.83. The summed E-state index contributed by atoms with van der Waals surface area (Å²) in [4.78, 5) is 8.43. The van der Waals surface area contributed by atoms with E-state index in [-0.39, 0.29) is 0 Å². The molecule has 2 aliphatic heterocycles. The minimum absolute atomic E-state index is 0.681. The molecule has 3 heterocycles. The average Bonchev–Trinajstić information content (AvgIpc) is 3.27. The summed E-state index contributed by atoms with van der Waals surface area (Å²) >= 11 is 1.86. The van der Waals surface area contributed by atoms with Gasteiger partial charge in [0.25, 0.3) is 0 Å². The first-order chi connectivity index (χ1) is 14.3. The lowest BCUT2D eigenvalue weighted by molar-refractivity contribution is 0.0203. The highest BCUT2D eigenvalue weighted by Crippen LogP contribution is 2.20. The predicted molar refractivity (Wildman–Crippen MR) is 121 cm³/mol. The van der Waals surface area contributed by atoms with Gasteiger partial charge in [0.2, 0.25) is 0 Å². The predicted octanol–water partition coefficient (Wildman–Crippen LogP) is 2.96. The summed E-state index contributed by atoms with van der Waals surface area (Å²) in [6, 6.07) is 4.39. The number of likely N-dealkylation sites (tertiary alicyclic amines) is 1. The van der Waals surface area contributed by atoms with Crippen molar-refractivity contribution in [2.24, 2.45) is 16.8 Å². The van der Waals surface area contributed by atoms with Gasteiger partial charge in [0.1, 0.15) is 0 Å². The summed E-state index contributed by atoms with van der Waals surface area (Å²) in [7, 11) is 1.85. The normalized spacial score (nSPS) is 22.0. The van der Waals surface area contributed by atoms with Crippen molar-refractivity contribution in [2.75, 3.05) is 59.7 Å². The summed E-state index contributed by atoms with van der Waals surface area (Å²) in [5, 5.41) is 9.11. The highest BCUT2D eigenvalue weighted by molar-refractivity contribution is 7.09. The van der Waals surface area contributed by atoms with Crippen LogP contribution in [0.3, 0.4) is 0 Å². The van der Waals surface area contributed by atoms with Crippen molar-refractivity contribution in [1.82, 2.24) is 15.5 Å². The van der Waals surface area contributed by atoms with Gasteiger partial charge in [0, 0.05) is 64.5 Å². The van der Waals surface area contributed by atoms with Gasteiger partial charge in [-0.05, 0) is 61.9 Å². The molecule has 1 unspecified atom stereocenters. The van der Waals surface area contributed by atoms with E-state index in [1.807, 2.05) is 18.4 Å². The Hall–Kier alpha value is -1.15. The number of rotatable bonds is 10. The zero-order chi connectivity index (χ0) is 20.2. The van der Waals surface area contributed by atoms with E-state index in [0.717, 1.165) is 71.3 Å². The lowest BCUT2D eigenvalue weighted by Crippen LogP contribution is -2.44. The van der Waals surface area contributed by atoms with E-state index < -0.39 is 0 Å². The fourth-order valence-corrected chi connectivity index (χ4v) is 4.84. The molecule has 0 radical (unpaired) electrons. The Morgan fingerprint density at radius 1 is 1.28 bits per heavy atom. The highest BCUT2D eigenvalue weighted by atomic mass is 32.1. The van der Waals surface area contributed by atoms with Crippen LogP contribution < -0.4 is 10.6 Å². The maximum atomic E-state index is 5.84. The molecule has 2 saturated heterocycles. The molecule has 7 heteroatoms. The number of aliphatic imine (C=N–C) groups is 1. The van der Waals surface area contributed by atoms with E-state index >= 15 is 0 Å². The van der Waals surface area contributed by atoms with Crippen molar-refractivity contribution >= 4 is 17.3 Å². The Morgan fingerprint density at radius 3 is 2.97 bits per heavy atom. The van der Waals surface area contributed by atoms with Crippen LogP contribution in [-0.2, 0) is 16.0 Å². The van der Waals surface area contributed by atoms with Crippen LogP contribution in [-0.4, -0.2) is 70.5 Å². The molecule has 3 rings (SSSR count). The largest absolute Gasteiger partial charge is 0.381 e. The quantitative estimate of drug-likeness (QED) is 0.345. The second-order valence-electron chi connectivity index (χ2n) is 8.19. The Labute approximate surface area is 180 Å². The van der Waals surface area contributed by atoms with Gasteiger partial charge < -0.3 is 20.1 Å². The zero-order valence-electron chi connectivity index (χ0n) is 17.9. The molecule has 29 heavy (non-hydrogen) atoms. The van der Waals surface area contributed by atoms with Crippen molar-refractivity contribution in [2.45, 2.75) is 38.6 Å². The van der Waals surface area contributed by atoms with E-state index in [1.165, 1.54) is 30.8 Å². The number of nitrogens with zero attached hydrogens (tertiary/aromatic N) is 2. The summed E-state index contributed by atoms with van der Waals surface area (Å²) < 4.78 is 11.2. The minimum atomic E-state index is 0.681. The Morgan fingerprint density at radius 2 is 2.17 bits per heavy atom. The Bertz CT molecular complexity index is 575. The number of piperidine rings is 1. The van der Waals surface area contributed by atoms with Crippen molar-refractivity contribution in [3.05, 3.63) is 22.4 Å². The third-order valence-electron chi connectivity index (χ3n) is 5.80. The third kappa shape index (κ3) is 8.62. The molecular formula is C22H38N4O2S. The fraction of sp³-hybridized carbons (Fsp3) is 0.773. The molecule has 1 aromatic heterocycles. The van der Waals surface area contributed by atoms with Crippen LogP contribution in [0.1, 0.15) is 37.0 Å². The standard InChI is InChI=1S/C22H38N4O2S/c1-23-22(24-9-4-11-28-18-19-7-12-27-13-8-19)25-15-20-5-2-10-26(16-20)17-21-6-3-14-29-21/h3,6,14,19-20H,2,4-5,7-13,15-18H2,1H3,(H2,23,24,25). The SMILES string of the molecule is CN=C(NCCCOCC1CCOCC1)NCC1CCCN(Cc2cccs2)C1. The molecule has 0 bridgehead atoms. The van der Waals surface area contributed by atoms with Gasteiger partial charge in [-0.1, -0.05) is 6.07 Å².